The van der Waals surface area contributed by atoms with Crippen molar-refractivity contribution in [2.24, 2.45) is 11.8 Å². The normalized spacial score (nSPS) is 17.4. The van der Waals surface area contributed by atoms with Crippen molar-refractivity contribution in [1.82, 2.24) is 5.32 Å². The van der Waals surface area contributed by atoms with Gasteiger partial charge < -0.3 is 5.32 Å². The van der Waals surface area contributed by atoms with E-state index in [1.54, 1.807) is 0 Å². The van der Waals surface area contributed by atoms with Gasteiger partial charge in [0.1, 0.15) is 0 Å². The monoisotopic (exact) mass is 257 g/mol. The highest BCUT2D eigenvalue weighted by molar-refractivity contribution is 6.35. The molecule has 1 atom stereocenters. The lowest BCUT2D eigenvalue weighted by Crippen LogP contribution is -2.22. The molecule has 1 aromatic rings. The fourth-order valence-corrected chi connectivity index (χ4v) is 2.49. The summed E-state index contributed by atoms with van der Waals surface area (Å²) in [5.74, 6) is 1.70. The van der Waals surface area contributed by atoms with E-state index in [2.05, 4.69) is 12.2 Å². The number of benzene rings is 1. The Morgan fingerprint density at radius 2 is 1.94 bits per heavy atom. The fourth-order valence-electron chi connectivity index (χ4n) is 1.96. The van der Waals surface area contributed by atoms with Crippen LogP contribution in [0.15, 0.2) is 18.2 Å². The molecule has 0 amide bonds. The minimum Gasteiger partial charge on any atom is -0.312 e. The Labute approximate surface area is 107 Å². The lowest BCUT2D eigenvalue weighted by molar-refractivity contribution is 0.462. The Morgan fingerprint density at radius 3 is 2.50 bits per heavy atom. The predicted octanol–water partition coefficient (Wildman–Crippen LogP) is 4.13. The van der Waals surface area contributed by atoms with Crippen LogP contribution in [0.4, 0.5) is 0 Å². The highest BCUT2D eigenvalue weighted by Gasteiger charge is 2.27. The molecule has 0 bridgehead atoms. The molecule has 3 heteroatoms. The first-order chi connectivity index (χ1) is 7.68. The van der Waals surface area contributed by atoms with Crippen LogP contribution in [0.3, 0.4) is 0 Å². The van der Waals surface area contributed by atoms with Crippen molar-refractivity contribution < 1.29 is 0 Å². The molecule has 16 heavy (non-hydrogen) atoms. The summed E-state index contributed by atoms with van der Waals surface area (Å²) in [5, 5.41) is 4.93. The topological polar surface area (TPSA) is 12.0 Å². The minimum absolute atomic E-state index is 0.749. The average Bonchev–Trinajstić information content (AvgIpc) is 3.05. The largest absolute Gasteiger partial charge is 0.312 e. The second-order valence-electron chi connectivity index (χ2n) is 4.65. The van der Waals surface area contributed by atoms with E-state index in [0.29, 0.717) is 0 Å². The molecule has 1 nitrogen and oxygen atoms in total. The lowest BCUT2D eigenvalue weighted by atomic mass is 10.1. The van der Waals surface area contributed by atoms with E-state index in [1.807, 2.05) is 18.2 Å². The molecule has 0 heterocycles. The highest BCUT2D eigenvalue weighted by atomic mass is 35.5. The average molecular weight is 258 g/mol. The van der Waals surface area contributed by atoms with Crippen LogP contribution in [-0.4, -0.2) is 6.54 Å². The summed E-state index contributed by atoms with van der Waals surface area (Å²) in [6.45, 7) is 4.11. The summed E-state index contributed by atoms with van der Waals surface area (Å²) >= 11 is 12.2. The summed E-state index contributed by atoms with van der Waals surface area (Å²) in [4.78, 5) is 0. The van der Waals surface area contributed by atoms with Gasteiger partial charge in [-0.2, -0.15) is 0 Å². The van der Waals surface area contributed by atoms with E-state index in [-0.39, 0.29) is 0 Å². The number of rotatable bonds is 5. The summed E-state index contributed by atoms with van der Waals surface area (Å²) in [5.41, 5.74) is 1.01. The van der Waals surface area contributed by atoms with Crippen LogP contribution >= 0.6 is 23.2 Å². The van der Waals surface area contributed by atoms with E-state index >= 15 is 0 Å². The molecule has 0 aromatic heterocycles. The van der Waals surface area contributed by atoms with Crippen LogP contribution in [0.5, 0.6) is 0 Å². The molecule has 88 valence electrons. The Morgan fingerprint density at radius 1 is 1.31 bits per heavy atom. The van der Waals surface area contributed by atoms with Crippen LogP contribution in [0.2, 0.25) is 10.0 Å². The van der Waals surface area contributed by atoms with Gasteiger partial charge in [-0.3, -0.25) is 0 Å². The van der Waals surface area contributed by atoms with Crippen LogP contribution in [0, 0.1) is 11.8 Å². The smallest absolute Gasteiger partial charge is 0.0465 e. The van der Waals surface area contributed by atoms with E-state index in [4.69, 9.17) is 23.2 Å². The van der Waals surface area contributed by atoms with Crippen molar-refractivity contribution in [2.75, 3.05) is 6.54 Å². The van der Waals surface area contributed by atoms with E-state index in [0.717, 1.165) is 40.5 Å². The molecule has 1 aromatic carbocycles. The number of nitrogens with one attached hydrogen (secondary N) is 1. The molecule has 0 radical (unpaired) electrons. The first-order valence-corrected chi connectivity index (χ1v) is 6.57. The number of hydrogen-bond donors (Lipinski definition) is 1. The molecule has 1 aliphatic rings. The van der Waals surface area contributed by atoms with Crippen molar-refractivity contribution in [3.05, 3.63) is 33.8 Å². The van der Waals surface area contributed by atoms with Crippen molar-refractivity contribution in [2.45, 2.75) is 26.3 Å². The molecular weight excluding hydrogens is 241 g/mol. The second kappa shape index (κ2) is 5.39. The predicted molar refractivity (Wildman–Crippen MR) is 70.1 cm³/mol. The fraction of sp³-hybridized carbons (Fsp3) is 0.538. The third kappa shape index (κ3) is 3.13. The van der Waals surface area contributed by atoms with Gasteiger partial charge in [0.05, 0.1) is 0 Å². The van der Waals surface area contributed by atoms with Gasteiger partial charge in [0.25, 0.3) is 0 Å². The van der Waals surface area contributed by atoms with Gasteiger partial charge in [-0.15, -0.1) is 0 Å². The zero-order valence-corrected chi connectivity index (χ0v) is 11.0. The van der Waals surface area contributed by atoms with Crippen LogP contribution in [-0.2, 0) is 6.54 Å². The van der Waals surface area contributed by atoms with E-state index in [9.17, 15) is 0 Å². The molecule has 0 spiro atoms. The van der Waals surface area contributed by atoms with Gasteiger partial charge >= 0.3 is 0 Å². The Hall–Kier alpha value is -0.240. The summed E-state index contributed by atoms with van der Waals surface area (Å²) < 4.78 is 0. The van der Waals surface area contributed by atoms with Crippen LogP contribution in [0.1, 0.15) is 25.3 Å². The molecule has 1 unspecified atom stereocenters. The van der Waals surface area contributed by atoms with Gasteiger partial charge in [-0.05, 0) is 43.4 Å². The summed E-state index contributed by atoms with van der Waals surface area (Å²) in [7, 11) is 0. The number of halogens is 2. The van der Waals surface area contributed by atoms with E-state index in [1.165, 1.54) is 12.8 Å². The molecule has 1 fully saturated rings. The van der Waals surface area contributed by atoms with Crippen molar-refractivity contribution in [3.63, 3.8) is 0 Å². The standard InChI is InChI=1S/C13H17Cl2N/c1-9(10-5-6-10)7-16-8-11-12(14)3-2-4-13(11)15/h2-4,9-10,16H,5-8H2,1H3. The molecule has 0 saturated heterocycles. The van der Waals surface area contributed by atoms with Crippen LogP contribution in [0.25, 0.3) is 0 Å². The summed E-state index contributed by atoms with van der Waals surface area (Å²) in [6, 6.07) is 5.64. The zero-order valence-electron chi connectivity index (χ0n) is 9.47. The van der Waals surface area contributed by atoms with Crippen molar-refractivity contribution in [3.8, 4) is 0 Å². The maximum absolute atomic E-state index is 6.10. The van der Waals surface area contributed by atoms with Gasteiger partial charge in [0.15, 0.2) is 0 Å². The summed E-state index contributed by atoms with van der Waals surface area (Å²) in [6.07, 6.45) is 2.80. The Bertz CT molecular complexity index is 341. The van der Waals surface area contributed by atoms with Crippen molar-refractivity contribution >= 4 is 23.2 Å². The Balaban J connectivity index is 1.84. The van der Waals surface area contributed by atoms with Gasteiger partial charge in [-0.1, -0.05) is 36.2 Å². The maximum Gasteiger partial charge on any atom is 0.0465 e. The van der Waals surface area contributed by atoms with Gasteiger partial charge in [0.2, 0.25) is 0 Å². The third-order valence-corrected chi connectivity index (χ3v) is 3.96. The first-order valence-electron chi connectivity index (χ1n) is 5.82. The quantitative estimate of drug-likeness (QED) is 0.837. The molecule has 1 saturated carbocycles. The molecule has 1 aliphatic carbocycles. The first kappa shape index (κ1) is 12.2. The SMILES string of the molecule is CC(CNCc1c(Cl)cccc1Cl)C1CC1. The molecule has 0 aliphatic heterocycles. The highest BCUT2D eigenvalue weighted by Crippen LogP contribution is 2.36. The maximum atomic E-state index is 6.10. The van der Waals surface area contributed by atoms with Crippen LogP contribution < -0.4 is 5.32 Å². The second-order valence-corrected chi connectivity index (χ2v) is 5.46. The minimum atomic E-state index is 0.749. The number of hydrogen-bond acceptors (Lipinski definition) is 1. The lowest BCUT2D eigenvalue weighted by Gasteiger charge is -2.12. The zero-order chi connectivity index (χ0) is 11.5. The third-order valence-electron chi connectivity index (χ3n) is 3.26. The molecular formula is C13H17Cl2N. The Kier molecular flexibility index (Phi) is 4.12. The van der Waals surface area contributed by atoms with Crippen molar-refractivity contribution in [1.29, 1.82) is 0 Å². The molecule has 1 N–H and O–H groups in total. The molecule has 2 rings (SSSR count). The van der Waals surface area contributed by atoms with E-state index < -0.39 is 0 Å². The van der Waals surface area contributed by atoms with Gasteiger partial charge in [-0.25, -0.2) is 0 Å². The van der Waals surface area contributed by atoms with Gasteiger partial charge in [0, 0.05) is 22.2 Å².